The van der Waals surface area contributed by atoms with Crippen molar-refractivity contribution in [1.82, 2.24) is 0 Å². The molecule has 0 aromatic heterocycles. The van der Waals surface area contributed by atoms with E-state index >= 15 is 0 Å². The summed E-state index contributed by atoms with van der Waals surface area (Å²) in [5, 5.41) is 10.9. The number of halogens is 2. The van der Waals surface area contributed by atoms with E-state index in [9.17, 15) is 5.11 Å². The molecule has 0 saturated carbocycles. The van der Waals surface area contributed by atoms with E-state index in [1.807, 2.05) is 45.0 Å². The molecule has 2 aromatic carbocycles. The highest BCUT2D eigenvalue weighted by Crippen LogP contribution is 2.40. The third-order valence-electron chi connectivity index (χ3n) is 3.64. The van der Waals surface area contributed by atoms with Crippen LogP contribution in [0.2, 0.25) is 0 Å². The molecule has 2 aromatic rings. The first-order valence-corrected chi connectivity index (χ1v) is 8.23. The van der Waals surface area contributed by atoms with Crippen LogP contribution < -0.4 is 4.74 Å². The number of hydrogen-bond acceptors (Lipinski definition) is 2. The molecule has 0 aliphatic heterocycles. The predicted molar refractivity (Wildman–Crippen MR) is 93.1 cm³/mol. The van der Waals surface area contributed by atoms with Crippen LogP contribution in [0.15, 0.2) is 33.2 Å². The van der Waals surface area contributed by atoms with Gasteiger partial charge in [0.25, 0.3) is 0 Å². The molecule has 4 heteroatoms. The average Bonchev–Trinajstić information content (AvgIpc) is 2.41. The van der Waals surface area contributed by atoms with Gasteiger partial charge < -0.3 is 9.84 Å². The van der Waals surface area contributed by atoms with Gasteiger partial charge >= 0.3 is 0 Å². The molecule has 1 N–H and O–H groups in total. The third kappa shape index (κ3) is 3.17. The molecule has 112 valence electrons. The Bertz CT molecular complexity index is 681. The van der Waals surface area contributed by atoms with Crippen LogP contribution in [-0.2, 0) is 0 Å². The van der Waals surface area contributed by atoms with E-state index in [4.69, 9.17) is 4.74 Å². The smallest absolute Gasteiger partial charge is 0.128 e. The molecule has 0 bridgehead atoms. The molecule has 0 aliphatic rings. The van der Waals surface area contributed by atoms with Crippen molar-refractivity contribution in [1.29, 1.82) is 0 Å². The highest BCUT2D eigenvalue weighted by atomic mass is 79.9. The maximum atomic E-state index is 10.9. The van der Waals surface area contributed by atoms with E-state index in [-0.39, 0.29) is 0 Å². The van der Waals surface area contributed by atoms with Crippen molar-refractivity contribution in [2.45, 2.75) is 26.9 Å². The lowest BCUT2D eigenvalue weighted by molar-refractivity contribution is 0.213. The normalized spacial score (nSPS) is 12.3. The Morgan fingerprint density at radius 2 is 1.71 bits per heavy atom. The van der Waals surface area contributed by atoms with Crippen molar-refractivity contribution in [2.24, 2.45) is 0 Å². The summed E-state index contributed by atoms with van der Waals surface area (Å²) < 4.78 is 7.39. The monoisotopic (exact) mass is 412 g/mol. The van der Waals surface area contributed by atoms with E-state index in [2.05, 4.69) is 31.9 Å². The van der Waals surface area contributed by atoms with Gasteiger partial charge in [-0.2, -0.15) is 0 Å². The third-order valence-corrected chi connectivity index (χ3v) is 5.15. The molecule has 21 heavy (non-hydrogen) atoms. The predicted octanol–water partition coefficient (Wildman–Crippen LogP) is 5.23. The van der Waals surface area contributed by atoms with Gasteiger partial charge in [-0.05, 0) is 55.2 Å². The average molecular weight is 414 g/mol. The summed E-state index contributed by atoms with van der Waals surface area (Å²) in [5.41, 5.74) is 4.75. The maximum absolute atomic E-state index is 10.9. The Kier molecular flexibility index (Phi) is 5.12. The fourth-order valence-electron chi connectivity index (χ4n) is 2.48. The lowest BCUT2D eigenvalue weighted by Gasteiger charge is -2.21. The number of aliphatic hydroxyl groups is 1. The number of methoxy groups -OCH3 is 1. The highest BCUT2D eigenvalue weighted by Gasteiger charge is 2.23. The van der Waals surface area contributed by atoms with Gasteiger partial charge in [0.15, 0.2) is 0 Å². The summed E-state index contributed by atoms with van der Waals surface area (Å²) in [5.74, 6) is 0.732. The summed E-state index contributed by atoms with van der Waals surface area (Å²) >= 11 is 7.09. The van der Waals surface area contributed by atoms with Crippen molar-refractivity contribution >= 4 is 31.9 Å². The van der Waals surface area contributed by atoms with E-state index in [0.29, 0.717) is 0 Å². The zero-order valence-corrected chi connectivity index (χ0v) is 15.7. The topological polar surface area (TPSA) is 29.5 Å². The lowest BCUT2D eigenvalue weighted by atomic mass is 9.94. The SMILES string of the molecule is COc1c(C)cc(Br)c(C)c1C(O)c1ccc(C)cc1Br. The molecule has 0 radical (unpaired) electrons. The second-order valence-electron chi connectivity index (χ2n) is 5.17. The second-order valence-corrected chi connectivity index (χ2v) is 6.88. The van der Waals surface area contributed by atoms with Gasteiger partial charge in [-0.15, -0.1) is 0 Å². The van der Waals surface area contributed by atoms with Crippen molar-refractivity contribution in [3.63, 3.8) is 0 Å². The van der Waals surface area contributed by atoms with Crippen molar-refractivity contribution in [3.8, 4) is 5.75 Å². The maximum Gasteiger partial charge on any atom is 0.128 e. The van der Waals surface area contributed by atoms with E-state index in [1.165, 1.54) is 0 Å². The number of aliphatic hydroxyl groups excluding tert-OH is 1. The van der Waals surface area contributed by atoms with Crippen LogP contribution in [0.25, 0.3) is 0 Å². The molecule has 2 nitrogen and oxygen atoms in total. The molecule has 0 saturated heterocycles. The largest absolute Gasteiger partial charge is 0.496 e. The van der Waals surface area contributed by atoms with Crippen molar-refractivity contribution in [3.05, 3.63) is 61.0 Å². The number of aryl methyl sites for hydroxylation is 2. The quantitative estimate of drug-likeness (QED) is 0.746. The first-order chi connectivity index (χ1) is 9.86. The Morgan fingerprint density at radius 3 is 2.29 bits per heavy atom. The zero-order valence-electron chi connectivity index (χ0n) is 12.5. The van der Waals surface area contributed by atoms with E-state index in [0.717, 1.165) is 42.5 Å². The lowest BCUT2D eigenvalue weighted by Crippen LogP contribution is -2.07. The number of hydrogen-bond donors (Lipinski definition) is 1. The molecule has 2 rings (SSSR count). The van der Waals surface area contributed by atoms with Gasteiger partial charge in [-0.25, -0.2) is 0 Å². The van der Waals surface area contributed by atoms with Gasteiger partial charge in [0, 0.05) is 14.5 Å². The molecule has 0 fully saturated rings. The second kappa shape index (κ2) is 6.51. The molecule has 1 atom stereocenters. The summed E-state index contributed by atoms with van der Waals surface area (Å²) in [6, 6.07) is 7.95. The van der Waals surface area contributed by atoms with Gasteiger partial charge in [-0.1, -0.05) is 44.0 Å². The molecular weight excluding hydrogens is 396 g/mol. The Labute approximate surface area is 142 Å². The summed E-state index contributed by atoms with van der Waals surface area (Å²) in [6.07, 6.45) is -0.744. The molecule has 0 heterocycles. The highest BCUT2D eigenvalue weighted by molar-refractivity contribution is 9.10. The van der Waals surface area contributed by atoms with Crippen LogP contribution in [0.4, 0.5) is 0 Å². The summed E-state index contributed by atoms with van der Waals surface area (Å²) in [6.45, 7) is 5.98. The summed E-state index contributed by atoms with van der Waals surface area (Å²) in [7, 11) is 1.64. The number of ether oxygens (including phenoxy) is 1. The fourth-order valence-corrected chi connectivity index (χ4v) is 3.75. The molecule has 0 aliphatic carbocycles. The van der Waals surface area contributed by atoms with Crippen LogP contribution in [0.3, 0.4) is 0 Å². The van der Waals surface area contributed by atoms with Crippen LogP contribution >= 0.6 is 31.9 Å². The van der Waals surface area contributed by atoms with Gasteiger partial charge in [-0.3, -0.25) is 0 Å². The van der Waals surface area contributed by atoms with Gasteiger partial charge in [0.1, 0.15) is 11.9 Å². The minimum atomic E-state index is -0.744. The minimum Gasteiger partial charge on any atom is -0.496 e. The van der Waals surface area contributed by atoms with Crippen LogP contribution in [-0.4, -0.2) is 12.2 Å². The Hall–Kier alpha value is -0.840. The van der Waals surface area contributed by atoms with Gasteiger partial charge in [0.05, 0.1) is 7.11 Å². The zero-order chi connectivity index (χ0) is 15.7. The van der Waals surface area contributed by atoms with Crippen molar-refractivity contribution < 1.29 is 9.84 Å². The molecular formula is C17H18Br2O2. The summed E-state index contributed by atoms with van der Waals surface area (Å²) in [4.78, 5) is 0. The standard InChI is InChI=1S/C17H18Br2O2/c1-9-5-6-12(14(19)7-9)16(20)15-11(3)13(18)8-10(2)17(15)21-4/h5-8,16,20H,1-4H3. The van der Waals surface area contributed by atoms with Crippen LogP contribution in [0.1, 0.15) is 33.9 Å². The van der Waals surface area contributed by atoms with Crippen LogP contribution in [0.5, 0.6) is 5.75 Å². The van der Waals surface area contributed by atoms with E-state index < -0.39 is 6.10 Å². The number of rotatable bonds is 3. The fraction of sp³-hybridized carbons (Fsp3) is 0.294. The molecule has 0 spiro atoms. The van der Waals surface area contributed by atoms with Crippen molar-refractivity contribution in [2.75, 3.05) is 7.11 Å². The first kappa shape index (κ1) is 16.5. The molecule has 0 amide bonds. The Balaban J connectivity index is 2.65. The van der Waals surface area contributed by atoms with Crippen LogP contribution in [0, 0.1) is 20.8 Å². The minimum absolute atomic E-state index is 0.732. The number of benzene rings is 2. The Morgan fingerprint density at radius 1 is 1.05 bits per heavy atom. The molecule has 1 unspecified atom stereocenters. The first-order valence-electron chi connectivity index (χ1n) is 6.64. The van der Waals surface area contributed by atoms with Gasteiger partial charge in [0.2, 0.25) is 0 Å². The van der Waals surface area contributed by atoms with E-state index in [1.54, 1.807) is 7.11 Å².